The van der Waals surface area contributed by atoms with Crippen LogP contribution in [-0.4, -0.2) is 32.3 Å². The zero-order chi connectivity index (χ0) is 47.3. The number of hydrogen-bond acceptors (Lipinski definition) is 10. The molecular weight excluding hydrogens is 813 g/mol. The van der Waals surface area contributed by atoms with E-state index in [4.69, 9.17) is 9.47 Å². The van der Waals surface area contributed by atoms with E-state index in [-0.39, 0.29) is 72.7 Å². The molecule has 64 heavy (non-hydrogen) atoms. The Kier molecular flexibility index (Phi) is 14.8. The van der Waals surface area contributed by atoms with Gasteiger partial charge < -0.3 is 14.6 Å². The molecule has 1 N–H and O–H groups in total. The third-order valence-corrected chi connectivity index (χ3v) is 13.0. The van der Waals surface area contributed by atoms with Crippen LogP contribution in [0, 0.1) is 48.3 Å². The number of ketones is 3. The van der Waals surface area contributed by atoms with Gasteiger partial charge in [-0.1, -0.05) is 85.2 Å². The number of nitro benzene ring substituents is 2. The molecule has 0 radical (unpaired) electrons. The van der Waals surface area contributed by atoms with Gasteiger partial charge in [-0.25, -0.2) is 0 Å². The molecular formula is C52H60N2O10. The third-order valence-electron chi connectivity index (χ3n) is 13.0. The average molecular weight is 873 g/mol. The minimum absolute atomic E-state index is 0.0326. The van der Waals surface area contributed by atoms with Gasteiger partial charge >= 0.3 is 0 Å². The van der Waals surface area contributed by atoms with E-state index in [0.29, 0.717) is 24.0 Å². The van der Waals surface area contributed by atoms with Crippen molar-refractivity contribution in [2.45, 2.75) is 108 Å². The quantitative estimate of drug-likeness (QED) is 0.0246. The molecule has 0 spiro atoms. The first-order chi connectivity index (χ1) is 30.0. The Balaban J connectivity index is 1.73. The highest BCUT2D eigenvalue weighted by Crippen LogP contribution is 2.66. The molecule has 3 aromatic rings. The zero-order valence-electron chi connectivity index (χ0n) is 38.4. The number of carbonyl (C=O) groups excluding carboxylic acids is 3. The second-order valence-electron chi connectivity index (χ2n) is 18.7. The van der Waals surface area contributed by atoms with Crippen molar-refractivity contribution in [2.75, 3.05) is 0 Å². The maximum Gasteiger partial charge on any atom is 0.269 e. The molecule has 2 fully saturated rings. The van der Waals surface area contributed by atoms with Gasteiger partial charge in [0.15, 0.2) is 28.8 Å². The van der Waals surface area contributed by atoms with Gasteiger partial charge in [-0.05, 0) is 127 Å². The Labute approximate surface area is 375 Å². The molecule has 2 aliphatic rings. The summed E-state index contributed by atoms with van der Waals surface area (Å²) in [6.45, 7) is 21.5. The number of nitrogens with zero attached hydrogens (tertiary/aromatic N) is 2. The fraction of sp³-hybridized carbons (Fsp3) is 0.404. The van der Waals surface area contributed by atoms with E-state index in [9.17, 15) is 25.3 Å². The summed E-state index contributed by atoms with van der Waals surface area (Å²) in [6.07, 6.45) is 7.42. The molecule has 12 heteroatoms. The van der Waals surface area contributed by atoms with Crippen molar-refractivity contribution in [3.05, 3.63) is 156 Å². The van der Waals surface area contributed by atoms with Gasteiger partial charge in [0.1, 0.15) is 30.0 Å². The van der Waals surface area contributed by atoms with Crippen molar-refractivity contribution in [1.29, 1.82) is 0 Å². The van der Waals surface area contributed by atoms with Crippen LogP contribution in [-0.2, 0) is 27.6 Å². The van der Waals surface area contributed by atoms with Crippen molar-refractivity contribution < 1.29 is 38.8 Å². The SMILES string of the molecule is C=C(C)C(CC=C(C)C)CC12CC(CC=C(C)C)C(C)(C)C(CC=C(C)C)(C(=O)C(=C(O)c3ccc(OCc4cccc([N+](=O)[O-])c4)c(OCc4cccc([N+](=O)[O-])c4)c3)C1=O)C2=O. The maximum absolute atomic E-state index is 15.7. The number of hydrogen-bond donors (Lipinski definition) is 1. The number of allylic oxidation sites excluding steroid dienone is 8. The van der Waals surface area contributed by atoms with E-state index in [0.717, 1.165) is 22.3 Å². The van der Waals surface area contributed by atoms with Crippen molar-refractivity contribution in [3.8, 4) is 11.5 Å². The van der Waals surface area contributed by atoms with Crippen LogP contribution in [0.4, 0.5) is 11.4 Å². The first-order valence-electron chi connectivity index (χ1n) is 21.6. The Morgan fingerprint density at radius 1 is 0.781 bits per heavy atom. The zero-order valence-corrected chi connectivity index (χ0v) is 38.4. The summed E-state index contributed by atoms with van der Waals surface area (Å²) < 4.78 is 12.3. The number of Topliss-reactive ketones (excluding diaryl/α,β-unsaturated/α-hetero) is 3. The highest BCUT2D eigenvalue weighted by molar-refractivity contribution is 6.41. The fourth-order valence-corrected chi connectivity index (χ4v) is 9.14. The summed E-state index contributed by atoms with van der Waals surface area (Å²) >= 11 is 0. The molecule has 0 saturated heterocycles. The van der Waals surface area contributed by atoms with Gasteiger partial charge in [0.2, 0.25) is 0 Å². The topological polar surface area (TPSA) is 176 Å². The van der Waals surface area contributed by atoms with Crippen LogP contribution in [0.2, 0.25) is 0 Å². The summed E-state index contributed by atoms with van der Waals surface area (Å²) in [5.74, 6) is -2.84. The van der Waals surface area contributed by atoms with Crippen LogP contribution in [0.25, 0.3) is 5.76 Å². The van der Waals surface area contributed by atoms with Crippen LogP contribution < -0.4 is 9.47 Å². The molecule has 338 valence electrons. The van der Waals surface area contributed by atoms with Crippen molar-refractivity contribution in [2.24, 2.45) is 28.1 Å². The van der Waals surface area contributed by atoms with E-state index >= 15 is 14.4 Å². The maximum atomic E-state index is 15.7. The number of fused-ring (bicyclic) bond motifs is 2. The average Bonchev–Trinajstić information content (AvgIpc) is 3.23. The van der Waals surface area contributed by atoms with Gasteiger partial charge in [-0.3, -0.25) is 34.6 Å². The molecule has 4 unspecified atom stereocenters. The molecule has 3 aromatic carbocycles. The van der Waals surface area contributed by atoms with Crippen LogP contribution >= 0.6 is 0 Å². The summed E-state index contributed by atoms with van der Waals surface area (Å²) in [4.78, 5) is 68.8. The predicted molar refractivity (Wildman–Crippen MR) is 248 cm³/mol. The van der Waals surface area contributed by atoms with Crippen LogP contribution in [0.15, 0.2) is 119 Å². The summed E-state index contributed by atoms with van der Waals surface area (Å²) in [7, 11) is 0. The molecule has 4 atom stereocenters. The normalized spacial score (nSPS) is 21.3. The number of benzene rings is 3. The Morgan fingerprint density at radius 2 is 1.33 bits per heavy atom. The minimum Gasteiger partial charge on any atom is -0.506 e. The monoisotopic (exact) mass is 872 g/mol. The summed E-state index contributed by atoms with van der Waals surface area (Å²) in [6, 6.07) is 16.2. The molecule has 12 nitrogen and oxygen atoms in total. The van der Waals surface area contributed by atoms with E-state index in [2.05, 4.69) is 18.7 Å². The van der Waals surface area contributed by atoms with E-state index in [1.54, 1.807) is 12.1 Å². The number of aliphatic hydroxyl groups excluding tert-OH is 1. The van der Waals surface area contributed by atoms with Crippen LogP contribution in [0.3, 0.4) is 0 Å². The van der Waals surface area contributed by atoms with Gasteiger partial charge in [0.05, 0.1) is 15.3 Å². The molecule has 0 aliphatic heterocycles. The third kappa shape index (κ3) is 9.86. The lowest BCUT2D eigenvalue weighted by molar-refractivity contribution is -0.385. The Bertz CT molecular complexity index is 2500. The first kappa shape index (κ1) is 48.6. The fourth-order valence-electron chi connectivity index (χ4n) is 9.14. The molecule has 0 amide bonds. The van der Waals surface area contributed by atoms with Crippen LogP contribution in [0.5, 0.6) is 11.5 Å². The van der Waals surface area contributed by atoms with Crippen molar-refractivity contribution >= 4 is 34.5 Å². The van der Waals surface area contributed by atoms with Crippen molar-refractivity contribution in [1.82, 2.24) is 0 Å². The highest BCUT2D eigenvalue weighted by atomic mass is 16.6. The minimum atomic E-state index is -1.72. The molecule has 2 bridgehead atoms. The number of rotatable bonds is 18. The second-order valence-corrected chi connectivity index (χ2v) is 18.7. The smallest absolute Gasteiger partial charge is 0.269 e. The first-order valence-corrected chi connectivity index (χ1v) is 21.6. The molecule has 2 saturated carbocycles. The van der Waals surface area contributed by atoms with Gasteiger partial charge in [-0.2, -0.15) is 0 Å². The molecule has 0 heterocycles. The van der Waals surface area contributed by atoms with E-state index in [1.807, 2.05) is 68.4 Å². The summed E-state index contributed by atoms with van der Waals surface area (Å²) in [5, 5.41) is 35.5. The van der Waals surface area contributed by atoms with Crippen molar-refractivity contribution in [3.63, 3.8) is 0 Å². The van der Waals surface area contributed by atoms with Gasteiger partial charge in [0, 0.05) is 29.8 Å². The lowest BCUT2D eigenvalue weighted by Crippen LogP contribution is -2.69. The Hall–Kier alpha value is -6.43. The lowest BCUT2D eigenvalue weighted by Gasteiger charge is -2.60. The molecule has 2 aliphatic carbocycles. The van der Waals surface area contributed by atoms with E-state index < -0.39 is 54.8 Å². The van der Waals surface area contributed by atoms with Gasteiger partial charge in [-0.15, -0.1) is 0 Å². The predicted octanol–water partition coefficient (Wildman–Crippen LogP) is 12.3. The molecule has 5 rings (SSSR count). The number of carbonyl (C=O) groups is 3. The number of non-ortho nitro benzene ring substituents is 2. The number of ether oxygens (including phenoxy) is 2. The van der Waals surface area contributed by atoms with Gasteiger partial charge in [0.25, 0.3) is 11.4 Å². The molecule has 0 aromatic heterocycles. The number of nitro groups is 2. The number of aliphatic hydroxyl groups is 1. The van der Waals surface area contributed by atoms with Crippen LogP contribution in [0.1, 0.15) is 111 Å². The standard InChI is InChI=1S/C52H60N2O10/c1-32(2)17-19-39(35(7)8)28-51-29-40(21-18-33(3)4)50(9,10)52(49(51)58,24-23-34(5)6)48(57)45(47(51)56)46(55)38-20-22-43(63-30-36-13-11-15-41(25-36)53(59)60)44(27-38)64-31-37-14-12-16-42(26-37)54(61)62/h11-18,20,22-23,25-27,39-40,55H,7,19,21,24,28-31H2,1-6,8-10H3. The Morgan fingerprint density at radius 3 is 1.84 bits per heavy atom. The highest BCUT2D eigenvalue weighted by Gasteiger charge is 2.74. The second kappa shape index (κ2) is 19.5. The lowest BCUT2D eigenvalue weighted by atomic mass is 9.38. The summed E-state index contributed by atoms with van der Waals surface area (Å²) in [5.41, 5.74) is -0.288. The van der Waals surface area contributed by atoms with E-state index in [1.165, 1.54) is 54.6 Å². The largest absolute Gasteiger partial charge is 0.506 e.